The molecule has 0 bridgehead atoms. The molecule has 4 fully saturated rings. The van der Waals surface area contributed by atoms with E-state index in [2.05, 4.69) is 33.0 Å². The maximum atomic E-state index is 12.1. The van der Waals surface area contributed by atoms with Gasteiger partial charge < -0.3 is 25.7 Å². The van der Waals surface area contributed by atoms with E-state index in [0.29, 0.717) is 24.7 Å². The highest BCUT2D eigenvalue weighted by molar-refractivity contribution is 5.81. The number of carboxylic acid groups (broad SMARTS) is 1. The van der Waals surface area contributed by atoms with E-state index in [4.69, 9.17) is 5.11 Å². The molecule has 7 nitrogen and oxygen atoms in total. The van der Waals surface area contributed by atoms with Gasteiger partial charge in [0, 0.05) is 6.42 Å². The molecule has 194 valence electrons. The predicted molar refractivity (Wildman–Crippen MR) is 128 cm³/mol. The summed E-state index contributed by atoms with van der Waals surface area (Å²) in [6.45, 7) is 8.62. The number of amides is 1. The van der Waals surface area contributed by atoms with E-state index >= 15 is 0 Å². The highest BCUT2D eigenvalue weighted by Gasteiger charge is 2.66. The van der Waals surface area contributed by atoms with Crippen LogP contribution in [0.3, 0.4) is 0 Å². The Balaban J connectivity index is 1.51. The van der Waals surface area contributed by atoms with Crippen LogP contribution in [0.4, 0.5) is 0 Å². The summed E-state index contributed by atoms with van der Waals surface area (Å²) in [5.41, 5.74) is -0.267. The van der Waals surface area contributed by atoms with Crippen LogP contribution >= 0.6 is 0 Å². The van der Waals surface area contributed by atoms with E-state index in [1.165, 1.54) is 0 Å². The van der Waals surface area contributed by atoms with Crippen molar-refractivity contribution in [2.45, 2.75) is 97.4 Å². The van der Waals surface area contributed by atoms with Gasteiger partial charge in [-0.3, -0.25) is 9.59 Å². The van der Waals surface area contributed by atoms with Gasteiger partial charge in [-0.1, -0.05) is 27.7 Å². The Hall–Kier alpha value is -1.18. The van der Waals surface area contributed by atoms with Crippen molar-refractivity contribution in [2.75, 3.05) is 6.54 Å². The minimum absolute atomic E-state index is 0.0252. The van der Waals surface area contributed by atoms with E-state index in [9.17, 15) is 24.9 Å². The van der Waals surface area contributed by atoms with E-state index < -0.39 is 18.2 Å². The Bertz CT molecular complexity index is 789. The zero-order valence-corrected chi connectivity index (χ0v) is 21.2. The average Bonchev–Trinajstić information content (AvgIpc) is 3.11. The lowest BCUT2D eigenvalue weighted by Crippen LogP contribution is -2.64. The topological polar surface area (TPSA) is 127 Å². The third-order valence-electron chi connectivity index (χ3n) is 11.4. The number of nitrogens with one attached hydrogen (secondary N) is 1. The van der Waals surface area contributed by atoms with Gasteiger partial charge in [0.1, 0.15) is 6.54 Å². The Morgan fingerprint density at radius 2 is 1.71 bits per heavy atom. The molecule has 12 unspecified atom stereocenters. The van der Waals surface area contributed by atoms with Crippen LogP contribution in [-0.4, -0.2) is 57.2 Å². The van der Waals surface area contributed by atoms with Gasteiger partial charge in [-0.2, -0.15) is 0 Å². The lowest BCUT2D eigenvalue weighted by molar-refractivity contribution is -0.220. The number of aliphatic hydroxyl groups excluding tert-OH is 3. The minimum Gasteiger partial charge on any atom is -0.480 e. The van der Waals surface area contributed by atoms with Crippen LogP contribution in [0.5, 0.6) is 0 Å². The number of hydrogen-bond donors (Lipinski definition) is 5. The maximum absolute atomic E-state index is 12.1. The molecule has 0 saturated heterocycles. The standard InChI is InChI=1S/C27H45NO6/c1-14(5-8-23(32)28-13-24(33)34)18-6-7-19-25-20(12-22(31)27(18,19)4)26(3)15(2)9-17(29)10-16(26)11-21(25)30/h14-22,25,29-31H,5-13H2,1-4H3,(H,28,32)(H,33,34). The Morgan fingerprint density at radius 3 is 2.38 bits per heavy atom. The van der Waals surface area contributed by atoms with Crippen molar-refractivity contribution in [2.24, 2.45) is 52.3 Å². The van der Waals surface area contributed by atoms with Gasteiger partial charge in [0.15, 0.2) is 0 Å². The number of carboxylic acids is 1. The van der Waals surface area contributed by atoms with Crippen LogP contribution < -0.4 is 5.32 Å². The number of aliphatic hydroxyl groups is 3. The first kappa shape index (κ1) is 25.9. The second kappa shape index (κ2) is 9.36. The van der Waals surface area contributed by atoms with E-state index in [1.807, 2.05) is 0 Å². The number of aliphatic carboxylic acids is 1. The molecular weight excluding hydrogens is 434 g/mol. The summed E-state index contributed by atoms with van der Waals surface area (Å²) < 4.78 is 0. The smallest absolute Gasteiger partial charge is 0.322 e. The third kappa shape index (κ3) is 4.09. The molecule has 12 atom stereocenters. The summed E-state index contributed by atoms with van der Waals surface area (Å²) in [6.07, 6.45) is 4.79. The number of hydrogen-bond acceptors (Lipinski definition) is 5. The zero-order chi connectivity index (χ0) is 25.0. The fraction of sp³-hybridized carbons (Fsp3) is 0.926. The second-order valence-corrected chi connectivity index (χ2v) is 12.7. The van der Waals surface area contributed by atoms with Gasteiger partial charge in [-0.05, 0) is 97.2 Å². The maximum Gasteiger partial charge on any atom is 0.322 e. The molecule has 4 aliphatic carbocycles. The van der Waals surface area contributed by atoms with Crippen LogP contribution in [0.2, 0.25) is 0 Å². The molecule has 0 aromatic rings. The van der Waals surface area contributed by atoms with Crippen molar-refractivity contribution >= 4 is 11.9 Å². The van der Waals surface area contributed by atoms with Crippen LogP contribution in [0.15, 0.2) is 0 Å². The van der Waals surface area contributed by atoms with Gasteiger partial charge in [-0.25, -0.2) is 0 Å². The Labute approximate surface area is 203 Å². The van der Waals surface area contributed by atoms with E-state index in [0.717, 1.165) is 32.1 Å². The lowest BCUT2D eigenvalue weighted by Gasteiger charge is -2.65. The van der Waals surface area contributed by atoms with Crippen molar-refractivity contribution in [1.82, 2.24) is 5.32 Å². The highest BCUT2D eigenvalue weighted by atomic mass is 16.4. The van der Waals surface area contributed by atoms with Crippen LogP contribution in [0.25, 0.3) is 0 Å². The van der Waals surface area contributed by atoms with Gasteiger partial charge in [0.05, 0.1) is 18.3 Å². The quantitative estimate of drug-likeness (QED) is 0.399. The first-order chi connectivity index (χ1) is 15.9. The molecule has 7 heteroatoms. The summed E-state index contributed by atoms with van der Waals surface area (Å²) in [4.78, 5) is 22.8. The van der Waals surface area contributed by atoms with Crippen molar-refractivity contribution in [3.05, 3.63) is 0 Å². The average molecular weight is 480 g/mol. The van der Waals surface area contributed by atoms with E-state index in [-0.39, 0.29) is 65.4 Å². The van der Waals surface area contributed by atoms with Gasteiger partial charge >= 0.3 is 5.97 Å². The third-order valence-corrected chi connectivity index (χ3v) is 11.4. The summed E-state index contributed by atoms with van der Waals surface area (Å²) in [5.74, 6) is 0.536. The van der Waals surface area contributed by atoms with Gasteiger partial charge in [0.25, 0.3) is 0 Å². The second-order valence-electron chi connectivity index (χ2n) is 12.7. The molecule has 0 aromatic carbocycles. The van der Waals surface area contributed by atoms with Crippen molar-refractivity contribution < 1.29 is 30.0 Å². The summed E-state index contributed by atoms with van der Waals surface area (Å²) in [5, 5.41) is 44.7. The first-order valence-electron chi connectivity index (χ1n) is 13.4. The largest absolute Gasteiger partial charge is 0.480 e. The molecule has 4 aliphatic rings. The molecule has 4 rings (SSSR count). The van der Waals surface area contributed by atoms with Crippen LogP contribution in [-0.2, 0) is 9.59 Å². The monoisotopic (exact) mass is 479 g/mol. The van der Waals surface area contributed by atoms with Crippen molar-refractivity contribution in [3.8, 4) is 0 Å². The summed E-state index contributed by atoms with van der Waals surface area (Å²) >= 11 is 0. The normalized spacial score (nSPS) is 48.9. The fourth-order valence-electron chi connectivity index (χ4n) is 9.42. The molecule has 0 heterocycles. The van der Waals surface area contributed by atoms with Gasteiger partial charge in [0.2, 0.25) is 5.91 Å². The van der Waals surface area contributed by atoms with Gasteiger partial charge in [-0.15, -0.1) is 0 Å². The van der Waals surface area contributed by atoms with Crippen molar-refractivity contribution in [1.29, 1.82) is 0 Å². The molecule has 4 saturated carbocycles. The Kier molecular flexibility index (Phi) is 7.13. The molecule has 0 aromatic heterocycles. The lowest BCUT2D eigenvalue weighted by atomic mass is 9.41. The number of carbonyl (C=O) groups excluding carboxylic acids is 1. The predicted octanol–water partition coefficient (Wildman–Crippen LogP) is 2.81. The number of fused-ring (bicyclic) bond motifs is 5. The molecule has 5 N–H and O–H groups in total. The van der Waals surface area contributed by atoms with E-state index in [1.54, 1.807) is 0 Å². The summed E-state index contributed by atoms with van der Waals surface area (Å²) in [6, 6.07) is 0. The number of rotatable bonds is 6. The Morgan fingerprint density at radius 1 is 1.00 bits per heavy atom. The molecule has 34 heavy (non-hydrogen) atoms. The molecule has 0 spiro atoms. The molecular formula is C27H45NO6. The fourth-order valence-corrected chi connectivity index (χ4v) is 9.42. The first-order valence-corrected chi connectivity index (χ1v) is 13.4. The highest BCUT2D eigenvalue weighted by Crippen LogP contribution is 2.69. The van der Waals surface area contributed by atoms with Crippen molar-refractivity contribution in [3.63, 3.8) is 0 Å². The van der Waals surface area contributed by atoms with Crippen LogP contribution in [0, 0.1) is 52.3 Å². The SMILES string of the molecule is CC(CCC(=O)NCC(=O)O)C1CCC2C3C(O)CC4CC(O)CC(C)C4(C)C3CC(O)C12C. The molecule has 1 amide bonds. The summed E-state index contributed by atoms with van der Waals surface area (Å²) in [7, 11) is 0. The molecule has 0 radical (unpaired) electrons. The van der Waals surface area contributed by atoms with Crippen LogP contribution in [0.1, 0.15) is 79.1 Å². The number of carbonyl (C=O) groups is 2. The zero-order valence-electron chi connectivity index (χ0n) is 21.2. The minimum atomic E-state index is -1.05. The molecule has 0 aliphatic heterocycles.